The molecule has 5 rings (SSSR count). The summed E-state index contributed by atoms with van der Waals surface area (Å²) in [7, 11) is 0. The molecule has 0 aliphatic carbocycles. The Balaban J connectivity index is 0.00000136. The lowest BCUT2D eigenvalue weighted by Gasteiger charge is -2.38. The number of halogens is 3. The molecule has 1 aromatic heterocycles. The van der Waals surface area contributed by atoms with Gasteiger partial charge in [0.2, 0.25) is 0 Å². The van der Waals surface area contributed by atoms with Crippen molar-refractivity contribution in [3.8, 4) is 5.75 Å². The third kappa shape index (κ3) is 5.08. The van der Waals surface area contributed by atoms with E-state index in [9.17, 15) is 9.18 Å². The Labute approximate surface area is 194 Å². The summed E-state index contributed by atoms with van der Waals surface area (Å²) in [6.07, 6.45) is 2.91. The Morgan fingerprint density at radius 2 is 1.84 bits per heavy atom. The highest BCUT2D eigenvalue weighted by Gasteiger charge is 2.31. The average Bonchev–Trinajstić information content (AvgIpc) is 2.74. The minimum absolute atomic E-state index is 0. The fraction of sp³-hybridized carbons (Fsp3) is 0.522. The number of ether oxygens (including phenoxy) is 1. The molecule has 31 heavy (non-hydrogen) atoms. The third-order valence-electron chi connectivity index (χ3n) is 6.65. The number of hydrogen-bond acceptors (Lipinski definition) is 4. The zero-order chi connectivity index (χ0) is 19.8. The smallest absolute Gasteiger partial charge is 0.255 e. The molecule has 0 spiro atoms. The van der Waals surface area contributed by atoms with Crippen LogP contribution in [0.2, 0.25) is 0 Å². The van der Waals surface area contributed by atoms with E-state index < -0.39 is 0 Å². The van der Waals surface area contributed by atoms with Crippen molar-refractivity contribution in [1.29, 1.82) is 0 Å². The van der Waals surface area contributed by atoms with Crippen molar-refractivity contribution >= 4 is 24.8 Å². The molecule has 2 aromatic rings. The SMILES string of the molecule is Cl.Cl.O=c1c(CN2CCC(Oc3ccccc3F)CC2)ccc2n1C[C@@H]1CNC[C@H]2C1. The predicted molar refractivity (Wildman–Crippen MR) is 124 cm³/mol. The first-order chi connectivity index (χ1) is 14.2. The summed E-state index contributed by atoms with van der Waals surface area (Å²) in [6, 6.07) is 10.8. The maximum atomic E-state index is 13.8. The maximum absolute atomic E-state index is 13.8. The van der Waals surface area contributed by atoms with Crippen LogP contribution in [0.1, 0.15) is 36.4 Å². The lowest BCUT2D eigenvalue weighted by Crippen LogP contribution is -2.46. The van der Waals surface area contributed by atoms with E-state index in [1.165, 1.54) is 18.2 Å². The van der Waals surface area contributed by atoms with E-state index in [4.69, 9.17) is 4.74 Å². The molecule has 0 amide bonds. The number of piperidine rings is 2. The van der Waals surface area contributed by atoms with E-state index in [0.717, 1.165) is 51.1 Å². The van der Waals surface area contributed by atoms with Gasteiger partial charge in [-0.2, -0.15) is 0 Å². The normalized spacial score (nSPS) is 23.3. The van der Waals surface area contributed by atoms with Crippen molar-refractivity contribution < 1.29 is 9.13 Å². The molecular formula is C23H30Cl2FN3O2. The fourth-order valence-corrected chi connectivity index (χ4v) is 5.10. The highest BCUT2D eigenvalue weighted by Crippen LogP contribution is 2.32. The molecule has 4 heterocycles. The zero-order valence-electron chi connectivity index (χ0n) is 17.5. The van der Waals surface area contributed by atoms with E-state index in [1.807, 2.05) is 10.6 Å². The van der Waals surface area contributed by atoms with Gasteiger partial charge in [-0.1, -0.05) is 18.2 Å². The summed E-state index contributed by atoms with van der Waals surface area (Å²) in [6.45, 7) is 5.22. The molecular weight excluding hydrogens is 440 g/mol. The topological polar surface area (TPSA) is 46.5 Å². The van der Waals surface area contributed by atoms with Gasteiger partial charge in [0.25, 0.3) is 5.56 Å². The molecule has 2 bridgehead atoms. The summed E-state index contributed by atoms with van der Waals surface area (Å²) < 4.78 is 21.7. The van der Waals surface area contributed by atoms with Gasteiger partial charge in [0.05, 0.1) is 0 Å². The van der Waals surface area contributed by atoms with E-state index >= 15 is 0 Å². The van der Waals surface area contributed by atoms with Crippen LogP contribution in [0.5, 0.6) is 5.75 Å². The Morgan fingerprint density at radius 3 is 2.61 bits per heavy atom. The van der Waals surface area contributed by atoms with Crippen molar-refractivity contribution in [2.75, 3.05) is 26.2 Å². The van der Waals surface area contributed by atoms with Crippen molar-refractivity contribution in [1.82, 2.24) is 14.8 Å². The summed E-state index contributed by atoms with van der Waals surface area (Å²) in [5.74, 6) is 1.06. The Bertz CT molecular complexity index is 947. The lowest BCUT2D eigenvalue weighted by atomic mass is 9.84. The average molecular weight is 470 g/mol. The first kappa shape index (κ1) is 24.1. The van der Waals surface area contributed by atoms with Crippen LogP contribution in [0.4, 0.5) is 4.39 Å². The van der Waals surface area contributed by atoms with Gasteiger partial charge in [-0.05, 0) is 49.9 Å². The quantitative estimate of drug-likeness (QED) is 0.742. The van der Waals surface area contributed by atoms with Gasteiger partial charge >= 0.3 is 0 Å². The van der Waals surface area contributed by atoms with Crippen LogP contribution in [-0.4, -0.2) is 41.8 Å². The molecule has 3 aliphatic heterocycles. The van der Waals surface area contributed by atoms with Crippen LogP contribution in [-0.2, 0) is 13.1 Å². The second kappa shape index (κ2) is 10.3. The molecule has 170 valence electrons. The highest BCUT2D eigenvalue weighted by molar-refractivity contribution is 5.85. The lowest BCUT2D eigenvalue weighted by molar-refractivity contribution is 0.0931. The maximum Gasteiger partial charge on any atom is 0.255 e. The molecule has 2 fully saturated rings. The summed E-state index contributed by atoms with van der Waals surface area (Å²) >= 11 is 0. The monoisotopic (exact) mass is 469 g/mol. The molecule has 0 radical (unpaired) electrons. The first-order valence-electron chi connectivity index (χ1n) is 10.7. The third-order valence-corrected chi connectivity index (χ3v) is 6.65. The molecule has 8 heteroatoms. The van der Waals surface area contributed by atoms with Crippen LogP contribution in [0.25, 0.3) is 0 Å². The second-order valence-corrected chi connectivity index (χ2v) is 8.68. The predicted octanol–water partition coefficient (Wildman–Crippen LogP) is 3.58. The standard InChI is InChI=1S/C23H28FN3O2.2ClH/c24-20-3-1-2-4-22(20)29-19-7-9-26(10-8-19)15-17-5-6-21-18-11-16(12-25-13-18)14-27(21)23(17)28;;/h1-6,16,18-19,25H,7-15H2;2*1H/t16-,18+;;/m0../s1. The van der Waals surface area contributed by atoms with E-state index in [-0.39, 0.29) is 42.3 Å². The van der Waals surface area contributed by atoms with Crippen molar-refractivity contribution in [3.05, 3.63) is 63.8 Å². The summed E-state index contributed by atoms with van der Waals surface area (Å²) in [4.78, 5) is 15.4. The molecule has 1 N–H and O–H groups in total. The largest absolute Gasteiger partial charge is 0.487 e. The van der Waals surface area contributed by atoms with Crippen LogP contribution in [0.3, 0.4) is 0 Å². The molecule has 0 unspecified atom stereocenters. The van der Waals surface area contributed by atoms with Crippen LogP contribution >= 0.6 is 24.8 Å². The van der Waals surface area contributed by atoms with Gasteiger partial charge in [0.15, 0.2) is 11.6 Å². The number of nitrogens with one attached hydrogen (secondary N) is 1. The van der Waals surface area contributed by atoms with E-state index in [2.05, 4.69) is 16.3 Å². The number of rotatable bonds is 4. The molecule has 0 saturated carbocycles. The second-order valence-electron chi connectivity index (χ2n) is 8.68. The van der Waals surface area contributed by atoms with Crippen molar-refractivity contribution in [2.45, 2.75) is 44.4 Å². The number of para-hydroxylation sites is 1. The number of aromatic nitrogens is 1. The molecule has 1 aromatic carbocycles. The van der Waals surface area contributed by atoms with Crippen LogP contribution in [0, 0.1) is 11.7 Å². The number of fused-ring (bicyclic) bond motifs is 4. The van der Waals surface area contributed by atoms with Gasteiger partial charge in [0, 0.05) is 49.9 Å². The summed E-state index contributed by atoms with van der Waals surface area (Å²) in [5, 5.41) is 3.49. The number of pyridine rings is 1. The minimum Gasteiger partial charge on any atom is -0.487 e. The molecule has 3 aliphatic rings. The molecule has 2 atom stereocenters. The van der Waals surface area contributed by atoms with E-state index in [1.54, 1.807) is 18.2 Å². The number of likely N-dealkylation sites (tertiary alicyclic amines) is 1. The first-order valence-corrected chi connectivity index (χ1v) is 10.7. The number of nitrogens with zero attached hydrogens (tertiary/aromatic N) is 2. The molecule has 5 nitrogen and oxygen atoms in total. The summed E-state index contributed by atoms with van der Waals surface area (Å²) in [5.41, 5.74) is 2.26. The zero-order valence-corrected chi connectivity index (χ0v) is 19.1. The van der Waals surface area contributed by atoms with Crippen molar-refractivity contribution in [2.24, 2.45) is 5.92 Å². The number of hydrogen-bond donors (Lipinski definition) is 1. The molecule has 2 saturated heterocycles. The Morgan fingerprint density at radius 1 is 1.06 bits per heavy atom. The Hall–Kier alpha value is -1.60. The Kier molecular flexibility index (Phi) is 8.03. The van der Waals surface area contributed by atoms with Gasteiger partial charge in [-0.15, -0.1) is 24.8 Å². The minimum atomic E-state index is -0.308. The van der Waals surface area contributed by atoms with Gasteiger partial charge in [-0.3, -0.25) is 9.69 Å². The van der Waals surface area contributed by atoms with Gasteiger partial charge < -0.3 is 14.6 Å². The van der Waals surface area contributed by atoms with E-state index in [0.29, 0.717) is 24.1 Å². The highest BCUT2D eigenvalue weighted by atomic mass is 35.5. The fourth-order valence-electron chi connectivity index (χ4n) is 5.10. The van der Waals surface area contributed by atoms with Crippen molar-refractivity contribution in [3.63, 3.8) is 0 Å². The van der Waals surface area contributed by atoms with Gasteiger partial charge in [-0.25, -0.2) is 4.39 Å². The van der Waals surface area contributed by atoms with Crippen LogP contribution in [0.15, 0.2) is 41.2 Å². The van der Waals surface area contributed by atoms with Gasteiger partial charge in [0.1, 0.15) is 6.10 Å². The van der Waals surface area contributed by atoms with Crippen LogP contribution < -0.4 is 15.6 Å². The number of benzene rings is 1.